The fraction of sp³-hybridized carbons (Fsp3) is 0.435. The molecule has 0 aliphatic heterocycles. The highest BCUT2D eigenvalue weighted by molar-refractivity contribution is 6.09. The van der Waals surface area contributed by atoms with Crippen molar-refractivity contribution in [3.63, 3.8) is 0 Å². The standard InChI is InChI=1S/C23H32N2O/c1-4-7-16-24-21-12-8-19(9-13-21)23(26)20-10-14-22(15-11-20)25(17-5-2)18-6-3/h8-15,24H,4-7,16-18H2,1-3H3. The molecule has 0 aromatic heterocycles. The number of hydrogen-bond donors (Lipinski definition) is 1. The molecule has 1 N–H and O–H groups in total. The summed E-state index contributed by atoms with van der Waals surface area (Å²) in [5.74, 6) is 0.0780. The van der Waals surface area contributed by atoms with Gasteiger partial charge in [-0.3, -0.25) is 4.79 Å². The van der Waals surface area contributed by atoms with Crippen molar-refractivity contribution in [2.24, 2.45) is 0 Å². The molecule has 0 unspecified atom stereocenters. The van der Waals surface area contributed by atoms with Gasteiger partial charge in [0.15, 0.2) is 5.78 Å². The van der Waals surface area contributed by atoms with Gasteiger partial charge in [0.25, 0.3) is 0 Å². The van der Waals surface area contributed by atoms with E-state index in [0.29, 0.717) is 0 Å². The maximum atomic E-state index is 12.7. The fourth-order valence-corrected chi connectivity index (χ4v) is 3.05. The molecule has 0 bridgehead atoms. The molecule has 2 aromatic carbocycles. The Morgan fingerprint density at radius 2 is 1.35 bits per heavy atom. The number of nitrogens with one attached hydrogen (secondary N) is 1. The van der Waals surface area contributed by atoms with Gasteiger partial charge >= 0.3 is 0 Å². The average molecular weight is 353 g/mol. The Hall–Kier alpha value is -2.29. The van der Waals surface area contributed by atoms with Gasteiger partial charge in [0, 0.05) is 42.1 Å². The fourth-order valence-electron chi connectivity index (χ4n) is 3.05. The van der Waals surface area contributed by atoms with Crippen molar-refractivity contribution in [2.75, 3.05) is 29.9 Å². The van der Waals surface area contributed by atoms with E-state index in [0.717, 1.165) is 55.7 Å². The second-order valence-corrected chi connectivity index (χ2v) is 6.72. The van der Waals surface area contributed by atoms with Crippen LogP contribution in [0.15, 0.2) is 48.5 Å². The van der Waals surface area contributed by atoms with Crippen LogP contribution in [0.5, 0.6) is 0 Å². The molecule has 0 saturated heterocycles. The molecule has 2 rings (SSSR count). The Morgan fingerprint density at radius 1 is 0.808 bits per heavy atom. The van der Waals surface area contributed by atoms with Crippen LogP contribution in [0.1, 0.15) is 62.4 Å². The number of nitrogens with zero attached hydrogens (tertiary/aromatic N) is 1. The molecule has 140 valence electrons. The molecule has 0 radical (unpaired) electrons. The second-order valence-electron chi connectivity index (χ2n) is 6.72. The van der Waals surface area contributed by atoms with Gasteiger partial charge in [-0.05, 0) is 67.8 Å². The largest absolute Gasteiger partial charge is 0.385 e. The van der Waals surface area contributed by atoms with Gasteiger partial charge in [0.2, 0.25) is 0 Å². The third-order valence-electron chi connectivity index (χ3n) is 4.49. The zero-order chi connectivity index (χ0) is 18.8. The first kappa shape index (κ1) is 20.0. The lowest BCUT2D eigenvalue weighted by molar-refractivity contribution is 0.103. The molecule has 0 aliphatic carbocycles. The van der Waals surface area contributed by atoms with Crippen LogP contribution in [-0.2, 0) is 0 Å². The Morgan fingerprint density at radius 3 is 1.85 bits per heavy atom. The Bertz CT molecular complexity index is 656. The molecule has 0 saturated carbocycles. The van der Waals surface area contributed by atoms with Crippen molar-refractivity contribution in [1.82, 2.24) is 0 Å². The molecule has 2 aromatic rings. The van der Waals surface area contributed by atoms with E-state index < -0.39 is 0 Å². The van der Waals surface area contributed by atoms with E-state index in [9.17, 15) is 4.79 Å². The van der Waals surface area contributed by atoms with Crippen LogP contribution in [-0.4, -0.2) is 25.4 Å². The number of ketones is 1. The maximum Gasteiger partial charge on any atom is 0.193 e. The molecular weight excluding hydrogens is 320 g/mol. The van der Waals surface area contributed by atoms with Crippen molar-refractivity contribution in [3.05, 3.63) is 59.7 Å². The zero-order valence-corrected chi connectivity index (χ0v) is 16.4. The van der Waals surface area contributed by atoms with Gasteiger partial charge < -0.3 is 10.2 Å². The van der Waals surface area contributed by atoms with Gasteiger partial charge in [0.1, 0.15) is 0 Å². The molecule has 3 nitrogen and oxygen atoms in total. The zero-order valence-electron chi connectivity index (χ0n) is 16.4. The first-order chi connectivity index (χ1) is 12.7. The lowest BCUT2D eigenvalue weighted by Gasteiger charge is -2.23. The van der Waals surface area contributed by atoms with Gasteiger partial charge in [0.05, 0.1) is 0 Å². The predicted molar refractivity (Wildman–Crippen MR) is 113 cm³/mol. The van der Waals surface area contributed by atoms with Crippen molar-refractivity contribution in [2.45, 2.75) is 46.5 Å². The van der Waals surface area contributed by atoms with E-state index in [2.05, 4.69) is 43.1 Å². The number of rotatable bonds is 11. The summed E-state index contributed by atoms with van der Waals surface area (Å²) in [6, 6.07) is 15.8. The van der Waals surface area contributed by atoms with Crippen molar-refractivity contribution in [1.29, 1.82) is 0 Å². The quantitative estimate of drug-likeness (QED) is 0.412. The normalized spacial score (nSPS) is 10.6. The minimum absolute atomic E-state index is 0.0780. The molecule has 3 heteroatoms. The van der Waals surface area contributed by atoms with Crippen molar-refractivity contribution >= 4 is 17.2 Å². The van der Waals surface area contributed by atoms with Gasteiger partial charge in [-0.25, -0.2) is 0 Å². The van der Waals surface area contributed by atoms with E-state index in [-0.39, 0.29) is 5.78 Å². The number of carbonyl (C=O) groups excluding carboxylic acids is 1. The highest BCUT2D eigenvalue weighted by Crippen LogP contribution is 2.19. The lowest BCUT2D eigenvalue weighted by atomic mass is 10.0. The highest BCUT2D eigenvalue weighted by atomic mass is 16.1. The number of anilines is 2. The Balaban J connectivity index is 2.04. The molecule has 0 atom stereocenters. The summed E-state index contributed by atoms with van der Waals surface area (Å²) in [4.78, 5) is 15.1. The molecular formula is C23H32N2O. The molecule has 0 heterocycles. The summed E-state index contributed by atoms with van der Waals surface area (Å²) in [7, 11) is 0. The highest BCUT2D eigenvalue weighted by Gasteiger charge is 2.10. The average Bonchev–Trinajstić information content (AvgIpc) is 2.68. The topological polar surface area (TPSA) is 32.3 Å². The SMILES string of the molecule is CCCCNc1ccc(C(=O)c2ccc(N(CCC)CCC)cc2)cc1. The van der Waals surface area contributed by atoms with E-state index in [1.54, 1.807) is 0 Å². The number of benzene rings is 2. The van der Waals surface area contributed by atoms with Crippen LogP contribution in [0.4, 0.5) is 11.4 Å². The predicted octanol–water partition coefficient (Wildman–Crippen LogP) is 5.76. The monoisotopic (exact) mass is 352 g/mol. The molecule has 0 amide bonds. The molecule has 26 heavy (non-hydrogen) atoms. The summed E-state index contributed by atoms with van der Waals surface area (Å²) in [5.41, 5.74) is 3.74. The third kappa shape index (κ3) is 5.62. The van der Waals surface area contributed by atoms with Crippen molar-refractivity contribution in [3.8, 4) is 0 Å². The summed E-state index contributed by atoms with van der Waals surface area (Å²) >= 11 is 0. The van der Waals surface area contributed by atoms with E-state index in [1.165, 1.54) is 12.1 Å². The summed E-state index contributed by atoms with van der Waals surface area (Å²) < 4.78 is 0. The van der Waals surface area contributed by atoms with Crippen LogP contribution in [0, 0.1) is 0 Å². The number of carbonyl (C=O) groups is 1. The Labute approximate surface area is 158 Å². The summed E-state index contributed by atoms with van der Waals surface area (Å²) in [6.45, 7) is 9.64. The number of unbranched alkanes of at least 4 members (excludes halogenated alkanes) is 1. The molecule has 0 spiro atoms. The molecule has 0 aliphatic rings. The second kappa shape index (κ2) is 10.6. The first-order valence-corrected chi connectivity index (χ1v) is 9.93. The van der Waals surface area contributed by atoms with Gasteiger partial charge in [-0.1, -0.05) is 27.2 Å². The Kier molecular flexibility index (Phi) is 8.20. The van der Waals surface area contributed by atoms with E-state index >= 15 is 0 Å². The van der Waals surface area contributed by atoms with Gasteiger partial charge in [-0.2, -0.15) is 0 Å². The maximum absolute atomic E-state index is 12.7. The first-order valence-electron chi connectivity index (χ1n) is 9.93. The molecule has 0 fully saturated rings. The smallest absolute Gasteiger partial charge is 0.193 e. The van der Waals surface area contributed by atoms with Crippen LogP contribution in [0.25, 0.3) is 0 Å². The lowest BCUT2D eigenvalue weighted by Crippen LogP contribution is -2.24. The van der Waals surface area contributed by atoms with Gasteiger partial charge in [-0.15, -0.1) is 0 Å². The third-order valence-corrected chi connectivity index (χ3v) is 4.49. The minimum Gasteiger partial charge on any atom is -0.385 e. The van der Waals surface area contributed by atoms with Crippen LogP contribution in [0.3, 0.4) is 0 Å². The number of hydrogen-bond acceptors (Lipinski definition) is 3. The van der Waals surface area contributed by atoms with Crippen LogP contribution < -0.4 is 10.2 Å². The minimum atomic E-state index is 0.0780. The van der Waals surface area contributed by atoms with E-state index in [1.807, 2.05) is 36.4 Å². The van der Waals surface area contributed by atoms with E-state index in [4.69, 9.17) is 0 Å². The van der Waals surface area contributed by atoms with Crippen LogP contribution in [0.2, 0.25) is 0 Å². The summed E-state index contributed by atoms with van der Waals surface area (Å²) in [6.07, 6.45) is 4.58. The van der Waals surface area contributed by atoms with Crippen LogP contribution >= 0.6 is 0 Å². The summed E-state index contributed by atoms with van der Waals surface area (Å²) in [5, 5.41) is 3.38. The van der Waals surface area contributed by atoms with Crippen molar-refractivity contribution < 1.29 is 4.79 Å².